The number of carbonyl (C=O) groups is 2. The molecule has 6 nitrogen and oxygen atoms in total. The van der Waals surface area contributed by atoms with Crippen LogP contribution in [0.5, 0.6) is 0 Å². The van der Waals surface area contributed by atoms with E-state index in [1.54, 1.807) is 18.5 Å². The normalized spacial score (nSPS) is 9.95. The summed E-state index contributed by atoms with van der Waals surface area (Å²) in [5, 5.41) is 14.4. The molecule has 0 aliphatic rings. The Kier molecular flexibility index (Phi) is 4.73. The van der Waals surface area contributed by atoms with E-state index in [-0.39, 0.29) is 22.8 Å². The van der Waals surface area contributed by atoms with Gasteiger partial charge in [0.05, 0.1) is 11.3 Å². The molecule has 0 saturated carbocycles. The van der Waals surface area contributed by atoms with Gasteiger partial charge in [0.15, 0.2) is 0 Å². The monoisotopic (exact) mass is 305 g/mol. The van der Waals surface area contributed by atoms with Gasteiger partial charge in [-0.25, -0.2) is 9.59 Å². The summed E-state index contributed by atoms with van der Waals surface area (Å²) < 4.78 is 0. The van der Waals surface area contributed by atoms with E-state index < -0.39 is 12.0 Å². The summed E-state index contributed by atoms with van der Waals surface area (Å²) in [6.07, 6.45) is 3.27. The number of urea groups is 1. The largest absolute Gasteiger partial charge is 0.478 e. The molecule has 1 heterocycles. The quantitative estimate of drug-likeness (QED) is 0.810. The van der Waals surface area contributed by atoms with E-state index in [0.717, 1.165) is 5.56 Å². The molecule has 0 radical (unpaired) electrons. The van der Waals surface area contributed by atoms with Crippen molar-refractivity contribution in [2.24, 2.45) is 0 Å². The lowest BCUT2D eigenvalue weighted by Gasteiger charge is -2.10. The Hall–Kier alpha value is -2.60. The van der Waals surface area contributed by atoms with Gasteiger partial charge in [0.2, 0.25) is 0 Å². The molecule has 2 amide bonds. The summed E-state index contributed by atoms with van der Waals surface area (Å²) in [5.41, 5.74) is 0.942. The second-order valence-corrected chi connectivity index (χ2v) is 4.60. The van der Waals surface area contributed by atoms with E-state index in [1.807, 2.05) is 6.07 Å². The van der Waals surface area contributed by atoms with Crippen LogP contribution in [0.25, 0.3) is 0 Å². The lowest BCUT2D eigenvalue weighted by Crippen LogP contribution is -2.28. The zero-order valence-electron chi connectivity index (χ0n) is 10.8. The maximum Gasteiger partial charge on any atom is 0.337 e. The van der Waals surface area contributed by atoms with Gasteiger partial charge in [0.25, 0.3) is 0 Å². The molecule has 3 N–H and O–H groups in total. The standard InChI is InChI=1S/C14H12ClN3O3/c15-10-3-4-12(11(6-10)13(19)20)18-14(21)17-8-9-2-1-5-16-7-9/h1-7H,8H2,(H,19,20)(H2,17,18,21). The predicted molar refractivity (Wildman–Crippen MR) is 78.5 cm³/mol. The number of nitrogens with zero attached hydrogens (tertiary/aromatic N) is 1. The molecular weight excluding hydrogens is 294 g/mol. The number of carboxylic acid groups (broad SMARTS) is 1. The van der Waals surface area contributed by atoms with Crippen molar-refractivity contribution < 1.29 is 14.7 Å². The molecule has 0 unspecified atom stereocenters. The Bertz CT molecular complexity index is 662. The zero-order valence-corrected chi connectivity index (χ0v) is 11.6. The minimum absolute atomic E-state index is 0.0703. The van der Waals surface area contributed by atoms with E-state index in [2.05, 4.69) is 15.6 Å². The van der Waals surface area contributed by atoms with E-state index in [0.29, 0.717) is 0 Å². The number of hydrogen-bond acceptors (Lipinski definition) is 3. The van der Waals surface area contributed by atoms with Crippen molar-refractivity contribution in [3.63, 3.8) is 0 Å². The Morgan fingerprint density at radius 3 is 2.76 bits per heavy atom. The fourth-order valence-corrected chi connectivity index (χ4v) is 1.83. The average molecular weight is 306 g/mol. The second kappa shape index (κ2) is 6.71. The maximum atomic E-state index is 11.8. The fourth-order valence-electron chi connectivity index (χ4n) is 1.65. The van der Waals surface area contributed by atoms with Gasteiger partial charge in [0, 0.05) is 24.0 Å². The predicted octanol–water partition coefficient (Wildman–Crippen LogP) is 2.75. The first kappa shape index (κ1) is 14.8. The molecule has 0 saturated heterocycles. The Morgan fingerprint density at radius 2 is 2.10 bits per heavy atom. The van der Waals surface area contributed by atoms with Gasteiger partial charge in [-0.1, -0.05) is 17.7 Å². The van der Waals surface area contributed by atoms with Gasteiger partial charge >= 0.3 is 12.0 Å². The zero-order chi connectivity index (χ0) is 15.2. The highest BCUT2D eigenvalue weighted by atomic mass is 35.5. The molecule has 0 aliphatic carbocycles. The highest BCUT2D eigenvalue weighted by Gasteiger charge is 2.12. The number of aromatic carboxylic acids is 1. The van der Waals surface area contributed by atoms with E-state index >= 15 is 0 Å². The number of pyridine rings is 1. The molecule has 108 valence electrons. The summed E-state index contributed by atoms with van der Waals surface area (Å²) in [6, 6.07) is 7.29. The number of amides is 2. The van der Waals surface area contributed by atoms with Crippen molar-refractivity contribution in [2.45, 2.75) is 6.54 Å². The van der Waals surface area contributed by atoms with Crippen LogP contribution in [-0.4, -0.2) is 22.1 Å². The number of rotatable bonds is 4. The fraction of sp³-hybridized carbons (Fsp3) is 0.0714. The maximum absolute atomic E-state index is 11.8. The van der Waals surface area contributed by atoms with Crippen molar-refractivity contribution in [2.75, 3.05) is 5.32 Å². The van der Waals surface area contributed by atoms with E-state index in [4.69, 9.17) is 16.7 Å². The average Bonchev–Trinajstić information content (AvgIpc) is 2.48. The molecule has 0 atom stereocenters. The van der Waals surface area contributed by atoms with Crippen molar-refractivity contribution in [1.29, 1.82) is 0 Å². The number of carboxylic acids is 1. The number of nitrogens with one attached hydrogen (secondary N) is 2. The van der Waals surface area contributed by atoms with Crippen LogP contribution in [0.3, 0.4) is 0 Å². The van der Waals surface area contributed by atoms with Crippen LogP contribution in [0.15, 0.2) is 42.7 Å². The first-order valence-electron chi connectivity index (χ1n) is 6.03. The molecule has 1 aromatic heterocycles. The van der Waals surface area contributed by atoms with E-state index in [1.165, 1.54) is 18.2 Å². The minimum Gasteiger partial charge on any atom is -0.478 e. The van der Waals surface area contributed by atoms with Gasteiger partial charge in [-0.05, 0) is 29.8 Å². The third kappa shape index (κ3) is 4.19. The van der Waals surface area contributed by atoms with Crippen molar-refractivity contribution in [3.8, 4) is 0 Å². The number of carbonyl (C=O) groups excluding carboxylic acids is 1. The molecule has 0 bridgehead atoms. The Labute approximate surface area is 125 Å². The number of anilines is 1. The first-order valence-corrected chi connectivity index (χ1v) is 6.40. The minimum atomic E-state index is -1.17. The van der Waals surface area contributed by atoms with Crippen LogP contribution in [0, 0.1) is 0 Å². The SMILES string of the molecule is O=C(NCc1cccnc1)Nc1ccc(Cl)cc1C(=O)O. The summed E-state index contributed by atoms with van der Waals surface area (Å²) in [4.78, 5) is 26.8. The molecule has 0 aliphatic heterocycles. The molecular formula is C14H12ClN3O3. The molecule has 21 heavy (non-hydrogen) atoms. The van der Waals surface area contributed by atoms with Crippen LogP contribution in [0.4, 0.5) is 10.5 Å². The van der Waals surface area contributed by atoms with E-state index in [9.17, 15) is 9.59 Å². The number of aromatic nitrogens is 1. The van der Waals surface area contributed by atoms with Crippen molar-refractivity contribution in [1.82, 2.24) is 10.3 Å². The Balaban J connectivity index is 2.01. The van der Waals surface area contributed by atoms with Crippen molar-refractivity contribution in [3.05, 3.63) is 58.9 Å². The van der Waals surface area contributed by atoms with Crippen LogP contribution < -0.4 is 10.6 Å². The van der Waals surface area contributed by atoms with Gasteiger partial charge in [-0.3, -0.25) is 4.98 Å². The van der Waals surface area contributed by atoms with Crippen LogP contribution in [-0.2, 0) is 6.54 Å². The first-order chi connectivity index (χ1) is 10.1. The molecule has 7 heteroatoms. The second-order valence-electron chi connectivity index (χ2n) is 4.16. The smallest absolute Gasteiger partial charge is 0.337 e. The summed E-state index contributed by atoms with van der Waals surface area (Å²) >= 11 is 5.74. The molecule has 2 aromatic rings. The topological polar surface area (TPSA) is 91.3 Å². The highest BCUT2D eigenvalue weighted by Crippen LogP contribution is 2.20. The number of benzene rings is 1. The third-order valence-corrected chi connectivity index (χ3v) is 2.87. The van der Waals surface area contributed by atoms with Gasteiger partial charge in [-0.15, -0.1) is 0 Å². The van der Waals surface area contributed by atoms with Gasteiger partial charge in [0.1, 0.15) is 0 Å². The lowest BCUT2D eigenvalue weighted by molar-refractivity contribution is 0.0698. The molecule has 1 aromatic carbocycles. The molecule has 2 rings (SSSR count). The summed E-state index contributed by atoms with van der Waals surface area (Å²) in [5.74, 6) is -1.17. The molecule has 0 fully saturated rings. The highest BCUT2D eigenvalue weighted by molar-refractivity contribution is 6.31. The number of halogens is 1. The third-order valence-electron chi connectivity index (χ3n) is 2.64. The lowest BCUT2D eigenvalue weighted by atomic mass is 10.2. The number of hydrogen-bond donors (Lipinski definition) is 3. The summed E-state index contributed by atoms with van der Waals surface area (Å²) in [6.45, 7) is 0.287. The van der Waals surface area contributed by atoms with Crippen LogP contribution in [0.2, 0.25) is 5.02 Å². The summed E-state index contributed by atoms with van der Waals surface area (Å²) in [7, 11) is 0. The Morgan fingerprint density at radius 1 is 1.29 bits per heavy atom. The van der Waals surface area contributed by atoms with Crippen LogP contribution in [0.1, 0.15) is 15.9 Å². The van der Waals surface area contributed by atoms with Crippen molar-refractivity contribution >= 4 is 29.3 Å². The van der Waals surface area contributed by atoms with Gasteiger partial charge in [-0.2, -0.15) is 0 Å². The van der Waals surface area contributed by atoms with Crippen LogP contribution >= 0.6 is 11.6 Å². The molecule has 0 spiro atoms. The van der Waals surface area contributed by atoms with Gasteiger partial charge < -0.3 is 15.7 Å².